The molecule has 0 saturated carbocycles. The van der Waals surface area contributed by atoms with E-state index in [0.717, 1.165) is 24.3 Å². The molecule has 0 radical (unpaired) electrons. The van der Waals surface area contributed by atoms with Gasteiger partial charge in [0.15, 0.2) is 0 Å². The molecule has 0 fully saturated rings. The summed E-state index contributed by atoms with van der Waals surface area (Å²) in [6.07, 6.45) is 11.8. The topological polar surface area (TPSA) is 32.3 Å². The highest BCUT2D eigenvalue weighted by atomic mass is 16.1. The highest BCUT2D eigenvalue weighted by molar-refractivity contribution is 6.04. The van der Waals surface area contributed by atoms with Gasteiger partial charge in [0.25, 0.3) is 5.91 Å². The fourth-order valence-corrected chi connectivity index (χ4v) is 5.86. The predicted octanol–water partition coefficient (Wildman–Crippen LogP) is 5.40. The van der Waals surface area contributed by atoms with E-state index in [0.29, 0.717) is 29.2 Å². The fraction of sp³-hybridized carbons (Fsp3) is 0.346. The average molecular weight is 383 g/mol. The van der Waals surface area contributed by atoms with Crippen LogP contribution in [0.4, 0.5) is 11.4 Å². The number of anilines is 2. The Kier molecular flexibility index (Phi) is 3.74. The molecule has 2 aromatic carbocycles. The molecule has 29 heavy (non-hydrogen) atoms. The van der Waals surface area contributed by atoms with E-state index >= 15 is 0 Å². The van der Waals surface area contributed by atoms with E-state index in [9.17, 15) is 4.79 Å². The maximum atomic E-state index is 12.9. The van der Waals surface area contributed by atoms with Gasteiger partial charge in [0.1, 0.15) is 0 Å². The normalized spacial score (nSPS) is 28.1. The van der Waals surface area contributed by atoms with Crippen molar-refractivity contribution in [2.45, 2.75) is 31.6 Å². The quantitative estimate of drug-likeness (QED) is 0.705. The average Bonchev–Trinajstić information content (AvgIpc) is 3.38. The van der Waals surface area contributed by atoms with E-state index in [2.05, 4.69) is 46.7 Å². The fourth-order valence-electron chi connectivity index (χ4n) is 5.86. The van der Waals surface area contributed by atoms with Crippen molar-refractivity contribution >= 4 is 17.3 Å². The second-order valence-electron chi connectivity index (χ2n) is 9.13. The van der Waals surface area contributed by atoms with Crippen molar-refractivity contribution in [3.63, 3.8) is 0 Å². The molecule has 6 rings (SSSR count). The van der Waals surface area contributed by atoms with Crippen LogP contribution in [-0.4, -0.2) is 19.0 Å². The van der Waals surface area contributed by atoms with Crippen LogP contribution in [0.15, 0.2) is 60.7 Å². The van der Waals surface area contributed by atoms with Gasteiger partial charge in [0, 0.05) is 41.9 Å². The van der Waals surface area contributed by atoms with E-state index in [4.69, 9.17) is 0 Å². The summed E-state index contributed by atoms with van der Waals surface area (Å²) < 4.78 is 0. The number of hydrogen-bond acceptors (Lipinski definition) is 2. The molecule has 2 aliphatic carbocycles. The monoisotopic (exact) mass is 382 g/mol. The van der Waals surface area contributed by atoms with Crippen LogP contribution in [-0.2, 0) is 0 Å². The molecular formula is C26H26N2O. The van der Waals surface area contributed by atoms with Gasteiger partial charge >= 0.3 is 0 Å². The third kappa shape index (κ3) is 2.67. The molecule has 4 aliphatic rings. The molecule has 1 N–H and O–H groups in total. The zero-order valence-corrected chi connectivity index (χ0v) is 16.8. The minimum Gasteiger partial charge on any atom is -0.370 e. The summed E-state index contributed by atoms with van der Waals surface area (Å²) in [5.41, 5.74) is 7.07. The van der Waals surface area contributed by atoms with Crippen molar-refractivity contribution < 1.29 is 4.79 Å². The van der Waals surface area contributed by atoms with Crippen molar-refractivity contribution in [2.75, 3.05) is 23.3 Å². The zero-order valence-electron chi connectivity index (χ0n) is 16.8. The van der Waals surface area contributed by atoms with Crippen molar-refractivity contribution in [2.24, 2.45) is 11.8 Å². The molecule has 4 atom stereocenters. The van der Waals surface area contributed by atoms with Gasteiger partial charge in [-0.2, -0.15) is 0 Å². The molecule has 2 aromatic rings. The molecule has 3 heteroatoms. The second kappa shape index (κ2) is 6.35. The summed E-state index contributed by atoms with van der Waals surface area (Å²) in [4.78, 5) is 15.5. The first-order chi connectivity index (χ1) is 14.2. The number of aryl methyl sites for hydroxylation is 1. The highest BCUT2D eigenvalue weighted by Crippen LogP contribution is 2.53. The number of fused-ring (bicyclic) bond motifs is 4. The molecule has 3 nitrogen and oxygen atoms in total. The van der Waals surface area contributed by atoms with Crippen LogP contribution in [0.3, 0.4) is 0 Å². The van der Waals surface area contributed by atoms with Crippen LogP contribution in [0.5, 0.6) is 0 Å². The number of hydrogen-bond donors (Lipinski definition) is 1. The lowest BCUT2D eigenvalue weighted by Gasteiger charge is -2.46. The minimum atomic E-state index is -0.0300. The maximum absolute atomic E-state index is 12.9. The van der Waals surface area contributed by atoms with Gasteiger partial charge in [-0.25, -0.2) is 0 Å². The lowest BCUT2D eigenvalue weighted by Crippen LogP contribution is -2.43. The van der Waals surface area contributed by atoms with E-state index in [1.165, 1.54) is 29.7 Å². The van der Waals surface area contributed by atoms with Crippen LogP contribution >= 0.6 is 0 Å². The number of allylic oxidation sites excluding steroid dienone is 4. The number of benzene rings is 2. The minimum absolute atomic E-state index is 0.0300. The summed E-state index contributed by atoms with van der Waals surface area (Å²) in [6, 6.07) is 12.3. The molecule has 0 bridgehead atoms. The lowest BCUT2D eigenvalue weighted by molar-refractivity contribution is 0.102. The summed E-state index contributed by atoms with van der Waals surface area (Å²) >= 11 is 0. The third-order valence-corrected chi connectivity index (χ3v) is 7.26. The van der Waals surface area contributed by atoms with Crippen molar-refractivity contribution in [3.05, 3.63) is 83.0 Å². The van der Waals surface area contributed by atoms with Gasteiger partial charge in [-0.05, 0) is 67.0 Å². The van der Waals surface area contributed by atoms with Crippen molar-refractivity contribution in [1.82, 2.24) is 0 Å². The Morgan fingerprint density at radius 2 is 1.52 bits per heavy atom. The molecule has 0 spiro atoms. The highest BCUT2D eigenvalue weighted by Gasteiger charge is 2.42. The van der Waals surface area contributed by atoms with Gasteiger partial charge in [-0.15, -0.1) is 0 Å². The van der Waals surface area contributed by atoms with E-state index in [-0.39, 0.29) is 5.91 Å². The molecule has 0 aromatic heterocycles. The third-order valence-electron chi connectivity index (χ3n) is 7.26. The van der Waals surface area contributed by atoms with Gasteiger partial charge < -0.3 is 10.2 Å². The number of nitrogens with zero attached hydrogens (tertiary/aromatic N) is 1. The second-order valence-corrected chi connectivity index (χ2v) is 9.13. The molecule has 1 amide bonds. The van der Waals surface area contributed by atoms with Crippen LogP contribution < -0.4 is 10.2 Å². The number of carbonyl (C=O) groups is 1. The molecular weight excluding hydrogens is 356 g/mol. The number of nitrogens with one attached hydrogen (secondary N) is 1. The largest absolute Gasteiger partial charge is 0.370 e. The first kappa shape index (κ1) is 17.1. The lowest BCUT2D eigenvalue weighted by atomic mass is 9.75. The van der Waals surface area contributed by atoms with Gasteiger partial charge in [0.05, 0.1) is 0 Å². The summed E-state index contributed by atoms with van der Waals surface area (Å²) in [6.45, 7) is 4.37. The van der Waals surface area contributed by atoms with Crippen molar-refractivity contribution in [3.8, 4) is 0 Å². The molecule has 0 saturated heterocycles. The van der Waals surface area contributed by atoms with Crippen LogP contribution in [0.2, 0.25) is 0 Å². The Labute approximate surface area is 172 Å². The molecule has 0 unspecified atom stereocenters. The number of rotatable bonds is 2. The summed E-state index contributed by atoms with van der Waals surface area (Å²) in [5, 5.41) is 3.20. The SMILES string of the molecule is Cc1ccc(C(=O)Nc2cc3c4c(c2)[C@@H]2C=CC[C@H]2CN4C[C@@H]2CC=C[C@H]32)cc1. The van der Waals surface area contributed by atoms with E-state index < -0.39 is 0 Å². The first-order valence-corrected chi connectivity index (χ1v) is 10.8. The van der Waals surface area contributed by atoms with Gasteiger partial charge in [-0.3, -0.25) is 4.79 Å². The summed E-state index contributed by atoms with van der Waals surface area (Å²) in [7, 11) is 0. The molecule has 2 aliphatic heterocycles. The van der Waals surface area contributed by atoms with Crippen LogP contribution in [0.25, 0.3) is 0 Å². The van der Waals surface area contributed by atoms with E-state index in [1.807, 2.05) is 31.2 Å². The number of carbonyl (C=O) groups excluding carboxylic acids is 1. The van der Waals surface area contributed by atoms with Crippen molar-refractivity contribution in [1.29, 1.82) is 0 Å². The maximum Gasteiger partial charge on any atom is 0.255 e. The predicted molar refractivity (Wildman–Crippen MR) is 118 cm³/mol. The van der Waals surface area contributed by atoms with E-state index in [1.54, 1.807) is 0 Å². The van der Waals surface area contributed by atoms with Gasteiger partial charge in [0.2, 0.25) is 0 Å². The Morgan fingerprint density at radius 3 is 2.10 bits per heavy atom. The standard InChI is InChI=1S/C26H26N2O/c1-16-8-10-17(11-9-16)26(29)27-20-12-23-21-6-2-4-18(21)14-28-15-19-5-3-7-22(19)24(13-20)25(23)28/h2-3,6-13,18-19,21-22H,4-5,14-15H2,1H3,(H,27,29)/t18-,19-,21-,22+/m0/s1. The Morgan fingerprint density at radius 1 is 0.931 bits per heavy atom. The summed E-state index contributed by atoms with van der Waals surface area (Å²) in [5.74, 6) is 2.28. The van der Waals surface area contributed by atoms with Crippen LogP contribution in [0.1, 0.15) is 51.7 Å². The Bertz CT molecular complexity index is 998. The zero-order chi connectivity index (χ0) is 19.5. The Balaban J connectivity index is 1.43. The number of amides is 1. The first-order valence-electron chi connectivity index (χ1n) is 10.8. The Hall–Kier alpha value is -2.81. The van der Waals surface area contributed by atoms with Gasteiger partial charge in [-0.1, -0.05) is 42.0 Å². The smallest absolute Gasteiger partial charge is 0.255 e. The molecule has 2 heterocycles. The van der Waals surface area contributed by atoms with Crippen LogP contribution in [0, 0.1) is 18.8 Å². The molecule has 146 valence electrons.